The van der Waals surface area contributed by atoms with E-state index in [0.29, 0.717) is 6.61 Å². The Bertz CT molecular complexity index is 184. The molecule has 0 heterocycles. The molecule has 1 unspecified atom stereocenters. The summed E-state index contributed by atoms with van der Waals surface area (Å²) in [6, 6.07) is 0. The highest BCUT2D eigenvalue weighted by atomic mass is 32.2. The van der Waals surface area contributed by atoms with Gasteiger partial charge in [0.25, 0.3) is 0 Å². The summed E-state index contributed by atoms with van der Waals surface area (Å²) in [6.45, 7) is 4.89. The predicted molar refractivity (Wildman–Crippen MR) is 71.3 cm³/mol. The minimum absolute atomic E-state index is 0.338. The van der Waals surface area contributed by atoms with Crippen molar-refractivity contribution in [3.8, 4) is 0 Å². The first-order valence-electron chi connectivity index (χ1n) is 6.85. The second-order valence-electron chi connectivity index (χ2n) is 5.04. The van der Waals surface area contributed by atoms with E-state index in [0.717, 1.165) is 18.8 Å². The lowest BCUT2D eigenvalue weighted by Gasteiger charge is -2.06. The molecule has 0 bridgehead atoms. The Balaban J connectivity index is 2.96. The van der Waals surface area contributed by atoms with E-state index in [4.69, 9.17) is 0 Å². The molecule has 3 nitrogen and oxygen atoms in total. The molecule has 0 spiro atoms. The summed E-state index contributed by atoms with van der Waals surface area (Å²) in [7, 11) is 0. The van der Waals surface area contributed by atoms with Crippen LogP contribution in [0.2, 0.25) is 0 Å². The summed E-state index contributed by atoms with van der Waals surface area (Å²) in [6.07, 6.45) is 11.1. The number of hydrogen-bond acceptors (Lipinski definition) is 3. The van der Waals surface area contributed by atoms with Crippen LogP contribution in [0.15, 0.2) is 0 Å². The molecule has 0 aliphatic carbocycles. The van der Waals surface area contributed by atoms with Crippen LogP contribution in [0.5, 0.6) is 0 Å². The van der Waals surface area contributed by atoms with Crippen molar-refractivity contribution in [3.05, 3.63) is 0 Å². The standard InChI is InChI=1S/C13H28O3S/c1-13(2)11-9-7-5-3-4-6-8-10-12-16-17(14)15/h13H,3-12H2,1-2H3,(H,14,15)/p-1. The summed E-state index contributed by atoms with van der Waals surface area (Å²) >= 11 is -2.33. The maximum Gasteiger partial charge on any atom is 0.0842 e. The van der Waals surface area contributed by atoms with Gasteiger partial charge in [-0.2, -0.15) is 0 Å². The van der Waals surface area contributed by atoms with E-state index in [1.54, 1.807) is 0 Å². The summed E-state index contributed by atoms with van der Waals surface area (Å²) in [5.41, 5.74) is 0. The van der Waals surface area contributed by atoms with Crippen LogP contribution in [0.3, 0.4) is 0 Å². The Morgan fingerprint density at radius 1 is 0.941 bits per heavy atom. The largest absolute Gasteiger partial charge is 0.750 e. The van der Waals surface area contributed by atoms with Gasteiger partial charge in [-0.15, -0.1) is 0 Å². The van der Waals surface area contributed by atoms with Crippen LogP contribution in [-0.2, 0) is 15.5 Å². The van der Waals surface area contributed by atoms with Gasteiger partial charge in [0.1, 0.15) is 0 Å². The second-order valence-corrected chi connectivity index (χ2v) is 5.68. The number of hydrogen-bond donors (Lipinski definition) is 0. The molecule has 1 atom stereocenters. The fourth-order valence-corrected chi connectivity index (χ4v) is 2.10. The maximum atomic E-state index is 10.1. The van der Waals surface area contributed by atoms with E-state index in [1.807, 2.05) is 0 Å². The molecule has 0 aliphatic rings. The van der Waals surface area contributed by atoms with Gasteiger partial charge >= 0.3 is 0 Å². The van der Waals surface area contributed by atoms with Crippen LogP contribution in [-0.4, -0.2) is 15.4 Å². The van der Waals surface area contributed by atoms with Crippen molar-refractivity contribution in [2.45, 2.75) is 71.6 Å². The van der Waals surface area contributed by atoms with Crippen LogP contribution < -0.4 is 0 Å². The van der Waals surface area contributed by atoms with Crippen molar-refractivity contribution >= 4 is 11.4 Å². The predicted octanol–water partition coefficient (Wildman–Crippen LogP) is 3.96. The van der Waals surface area contributed by atoms with Crippen molar-refractivity contribution in [1.82, 2.24) is 0 Å². The molecule has 0 aromatic carbocycles. The lowest BCUT2D eigenvalue weighted by molar-refractivity contribution is 0.290. The summed E-state index contributed by atoms with van der Waals surface area (Å²) in [5.74, 6) is 0.835. The Labute approximate surface area is 109 Å². The Hall–Kier alpha value is 0.0700. The normalized spacial score (nSPS) is 13.2. The van der Waals surface area contributed by atoms with Crippen LogP contribution in [0.4, 0.5) is 0 Å². The highest BCUT2D eigenvalue weighted by molar-refractivity contribution is 7.74. The molecule has 4 heteroatoms. The summed E-state index contributed by atoms with van der Waals surface area (Å²) < 4.78 is 24.6. The van der Waals surface area contributed by atoms with Crippen LogP contribution in [0, 0.1) is 5.92 Å². The quantitative estimate of drug-likeness (QED) is 0.395. The van der Waals surface area contributed by atoms with Crippen molar-refractivity contribution in [2.24, 2.45) is 5.92 Å². The molecule has 17 heavy (non-hydrogen) atoms. The lowest BCUT2D eigenvalue weighted by atomic mass is 10.0. The van der Waals surface area contributed by atoms with Crippen LogP contribution >= 0.6 is 0 Å². The van der Waals surface area contributed by atoms with Crippen LogP contribution in [0.1, 0.15) is 71.6 Å². The summed E-state index contributed by atoms with van der Waals surface area (Å²) in [4.78, 5) is 0. The van der Waals surface area contributed by atoms with Gasteiger partial charge in [-0.3, -0.25) is 0 Å². The molecule has 0 aliphatic heterocycles. The van der Waals surface area contributed by atoms with E-state index in [2.05, 4.69) is 18.0 Å². The fraction of sp³-hybridized carbons (Fsp3) is 1.00. The third kappa shape index (κ3) is 16.1. The monoisotopic (exact) mass is 263 g/mol. The van der Waals surface area contributed by atoms with Gasteiger partial charge in [0, 0.05) is 0 Å². The van der Waals surface area contributed by atoms with Crippen molar-refractivity contribution in [1.29, 1.82) is 0 Å². The van der Waals surface area contributed by atoms with Gasteiger partial charge in [-0.05, 0) is 12.3 Å². The zero-order valence-corrected chi connectivity index (χ0v) is 12.1. The average Bonchev–Trinajstić information content (AvgIpc) is 2.25. The first kappa shape index (κ1) is 17.1. The van der Waals surface area contributed by atoms with Gasteiger partial charge in [0.05, 0.1) is 18.0 Å². The SMILES string of the molecule is CC(C)CCCCCCCCCCOS(=O)[O-]. The first-order chi connectivity index (χ1) is 8.13. The summed E-state index contributed by atoms with van der Waals surface area (Å²) in [5, 5.41) is 0. The highest BCUT2D eigenvalue weighted by Crippen LogP contribution is 2.12. The van der Waals surface area contributed by atoms with Gasteiger partial charge in [-0.25, -0.2) is 4.21 Å². The molecule has 104 valence electrons. The maximum absolute atomic E-state index is 10.1. The van der Waals surface area contributed by atoms with Crippen molar-refractivity contribution in [2.75, 3.05) is 6.61 Å². The zero-order chi connectivity index (χ0) is 12.9. The molecule has 0 aromatic rings. The minimum atomic E-state index is -2.33. The zero-order valence-electron chi connectivity index (χ0n) is 11.3. The molecule has 0 fully saturated rings. The Morgan fingerprint density at radius 3 is 1.88 bits per heavy atom. The van der Waals surface area contributed by atoms with E-state index < -0.39 is 11.4 Å². The minimum Gasteiger partial charge on any atom is -0.750 e. The van der Waals surface area contributed by atoms with E-state index in [9.17, 15) is 8.76 Å². The fourth-order valence-electron chi connectivity index (χ4n) is 1.84. The van der Waals surface area contributed by atoms with Gasteiger partial charge in [-0.1, -0.05) is 65.2 Å². The van der Waals surface area contributed by atoms with Gasteiger partial charge in [0.2, 0.25) is 0 Å². The van der Waals surface area contributed by atoms with Gasteiger partial charge < -0.3 is 8.74 Å². The van der Waals surface area contributed by atoms with E-state index >= 15 is 0 Å². The molecule has 0 N–H and O–H groups in total. The Morgan fingerprint density at radius 2 is 1.41 bits per heavy atom. The smallest absolute Gasteiger partial charge is 0.0842 e. The van der Waals surface area contributed by atoms with Crippen molar-refractivity contribution < 1.29 is 12.9 Å². The second kappa shape index (κ2) is 12.5. The Kier molecular flexibility index (Phi) is 12.6. The third-order valence-electron chi connectivity index (χ3n) is 2.86. The van der Waals surface area contributed by atoms with Crippen molar-refractivity contribution in [3.63, 3.8) is 0 Å². The average molecular weight is 263 g/mol. The van der Waals surface area contributed by atoms with Crippen LogP contribution in [0.25, 0.3) is 0 Å². The van der Waals surface area contributed by atoms with Gasteiger partial charge in [0.15, 0.2) is 0 Å². The molecule has 0 saturated carbocycles. The number of unbranched alkanes of at least 4 members (excludes halogenated alkanes) is 7. The van der Waals surface area contributed by atoms with E-state index in [-0.39, 0.29) is 0 Å². The molecule has 0 rings (SSSR count). The molecule has 0 amide bonds. The molecular formula is C13H27O3S-. The number of rotatable bonds is 12. The first-order valence-corrected chi connectivity index (χ1v) is 7.85. The molecular weight excluding hydrogens is 236 g/mol. The molecule has 0 aromatic heterocycles. The van der Waals surface area contributed by atoms with E-state index in [1.165, 1.54) is 44.9 Å². The highest BCUT2D eigenvalue weighted by Gasteiger charge is 1.95. The lowest BCUT2D eigenvalue weighted by Crippen LogP contribution is -1.97. The third-order valence-corrected chi connectivity index (χ3v) is 3.21. The molecule has 0 radical (unpaired) electrons. The topological polar surface area (TPSA) is 49.4 Å². The molecule has 0 saturated heterocycles.